The number of benzene rings is 1. The molecule has 126 valence electrons. The van der Waals surface area contributed by atoms with Gasteiger partial charge in [-0.05, 0) is 49.4 Å². The first-order chi connectivity index (χ1) is 11.1. The molecule has 23 heavy (non-hydrogen) atoms. The highest BCUT2D eigenvalue weighted by Gasteiger charge is 2.25. The molecule has 1 amide bonds. The highest BCUT2D eigenvalue weighted by Crippen LogP contribution is 2.31. The van der Waals surface area contributed by atoms with Crippen molar-refractivity contribution in [2.24, 2.45) is 0 Å². The van der Waals surface area contributed by atoms with Gasteiger partial charge in [0.15, 0.2) is 0 Å². The van der Waals surface area contributed by atoms with E-state index in [1.165, 1.54) is 25.7 Å². The monoisotopic (exact) mass is 316 g/mol. The predicted octanol–water partition coefficient (Wildman–Crippen LogP) is 2.89. The number of piperidine rings is 1. The Morgan fingerprint density at radius 2 is 2.17 bits per heavy atom. The van der Waals surface area contributed by atoms with E-state index < -0.39 is 6.10 Å². The zero-order valence-corrected chi connectivity index (χ0v) is 14.3. The van der Waals surface area contributed by atoms with Crippen LogP contribution in [0.2, 0.25) is 0 Å². The molecule has 1 fully saturated rings. The zero-order valence-electron chi connectivity index (χ0n) is 14.3. The van der Waals surface area contributed by atoms with Gasteiger partial charge in [0, 0.05) is 25.3 Å². The fraction of sp³-hybridized carbons (Fsp3) is 0.632. The molecular formula is C19H28N2O2. The van der Waals surface area contributed by atoms with E-state index in [-0.39, 0.29) is 5.91 Å². The molecular weight excluding hydrogens is 288 g/mol. The molecule has 0 radical (unpaired) electrons. The van der Waals surface area contributed by atoms with Crippen molar-refractivity contribution in [3.63, 3.8) is 0 Å². The van der Waals surface area contributed by atoms with Crippen molar-refractivity contribution in [1.82, 2.24) is 4.90 Å². The number of amides is 1. The van der Waals surface area contributed by atoms with Gasteiger partial charge >= 0.3 is 0 Å². The number of carbonyl (C=O) groups is 1. The summed E-state index contributed by atoms with van der Waals surface area (Å²) in [5.41, 5.74) is 2.96. The summed E-state index contributed by atoms with van der Waals surface area (Å²) in [6.45, 7) is 4.37. The summed E-state index contributed by atoms with van der Waals surface area (Å²) in [6.07, 6.45) is 5.88. The molecule has 1 saturated heterocycles. The first-order valence-electron chi connectivity index (χ1n) is 8.91. The van der Waals surface area contributed by atoms with Gasteiger partial charge in [-0.15, -0.1) is 0 Å². The molecule has 2 aliphatic rings. The molecule has 2 unspecified atom stereocenters. The molecule has 0 saturated carbocycles. The smallest absolute Gasteiger partial charge is 0.231 e. The third-order valence-corrected chi connectivity index (χ3v) is 5.48. The number of hydrogen-bond donors (Lipinski definition) is 1. The lowest BCUT2D eigenvalue weighted by Gasteiger charge is -2.35. The average Bonchev–Trinajstić information content (AvgIpc) is 2.86. The lowest BCUT2D eigenvalue weighted by Crippen LogP contribution is -2.40. The number of likely N-dealkylation sites (tertiary alicyclic amines) is 1. The number of rotatable bonds is 5. The molecule has 0 aromatic heterocycles. The summed E-state index contributed by atoms with van der Waals surface area (Å²) >= 11 is 0. The summed E-state index contributed by atoms with van der Waals surface area (Å²) in [5, 5.41) is 10.5. The minimum atomic E-state index is -0.444. The van der Waals surface area contributed by atoms with Crippen LogP contribution in [0.4, 0.5) is 5.69 Å². The Morgan fingerprint density at radius 3 is 2.96 bits per heavy atom. The fourth-order valence-electron chi connectivity index (χ4n) is 3.97. The topological polar surface area (TPSA) is 43.8 Å². The van der Waals surface area contributed by atoms with Crippen molar-refractivity contribution in [2.45, 2.75) is 57.6 Å². The summed E-state index contributed by atoms with van der Waals surface area (Å²) in [7, 11) is 1.81. The van der Waals surface area contributed by atoms with Crippen molar-refractivity contribution in [2.75, 3.05) is 25.0 Å². The molecule has 0 bridgehead atoms. The number of nitrogens with zero attached hydrogens (tertiary/aromatic N) is 2. The Labute approximate surface area is 139 Å². The summed E-state index contributed by atoms with van der Waals surface area (Å²) in [6, 6.07) is 6.62. The van der Waals surface area contributed by atoms with Crippen LogP contribution in [0.5, 0.6) is 0 Å². The zero-order chi connectivity index (χ0) is 16.4. The fourth-order valence-corrected chi connectivity index (χ4v) is 3.97. The van der Waals surface area contributed by atoms with E-state index in [1.807, 2.05) is 25.2 Å². The molecule has 1 aromatic carbocycles. The maximum absolute atomic E-state index is 11.8. The van der Waals surface area contributed by atoms with Crippen LogP contribution in [-0.2, 0) is 11.2 Å². The largest absolute Gasteiger partial charge is 0.388 e. The van der Waals surface area contributed by atoms with Gasteiger partial charge in [0.05, 0.1) is 12.5 Å². The first-order valence-corrected chi connectivity index (χ1v) is 8.91. The third kappa shape index (κ3) is 3.43. The van der Waals surface area contributed by atoms with Crippen LogP contribution in [0.1, 0.15) is 56.3 Å². The van der Waals surface area contributed by atoms with Crippen LogP contribution in [0.15, 0.2) is 18.2 Å². The van der Waals surface area contributed by atoms with E-state index in [4.69, 9.17) is 0 Å². The Morgan fingerprint density at radius 1 is 1.35 bits per heavy atom. The molecule has 3 rings (SSSR count). The lowest BCUT2D eigenvalue weighted by atomic mass is 9.98. The standard InChI is InChI=1S/C19H28N2O2/c1-3-16-6-4-5-10-21(16)11-9-18(22)14-7-8-17-15(12-14)13-19(23)20(17)2/h7-8,12,16,18,22H,3-6,9-11,13H2,1-2H3. The molecule has 2 atom stereocenters. The summed E-state index contributed by atoms with van der Waals surface area (Å²) < 4.78 is 0. The number of hydrogen-bond acceptors (Lipinski definition) is 3. The highest BCUT2D eigenvalue weighted by atomic mass is 16.3. The highest BCUT2D eigenvalue weighted by molar-refractivity contribution is 6.00. The Bertz CT molecular complexity index is 572. The maximum atomic E-state index is 11.8. The second-order valence-electron chi connectivity index (χ2n) is 6.92. The number of likely N-dealkylation sites (N-methyl/N-ethyl adjacent to an activating group) is 1. The number of anilines is 1. The van der Waals surface area contributed by atoms with Gasteiger partial charge in [0.25, 0.3) is 0 Å². The molecule has 2 heterocycles. The van der Waals surface area contributed by atoms with Gasteiger partial charge in [0.1, 0.15) is 0 Å². The van der Waals surface area contributed by atoms with Crippen LogP contribution in [0, 0.1) is 0 Å². The van der Waals surface area contributed by atoms with Gasteiger partial charge in [-0.3, -0.25) is 4.79 Å². The second kappa shape index (κ2) is 7.02. The average molecular weight is 316 g/mol. The number of fused-ring (bicyclic) bond motifs is 1. The minimum Gasteiger partial charge on any atom is -0.388 e. The molecule has 4 heteroatoms. The van der Waals surface area contributed by atoms with E-state index in [0.717, 1.165) is 36.3 Å². The minimum absolute atomic E-state index is 0.130. The van der Waals surface area contributed by atoms with E-state index in [9.17, 15) is 9.90 Å². The second-order valence-corrected chi connectivity index (χ2v) is 6.92. The summed E-state index contributed by atoms with van der Waals surface area (Å²) in [4.78, 5) is 16.0. The Kier molecular flexibility index (Phi) is 5.02. The van der Waals surface area contributed by atoms with Crippen molar-refractivity contribution in [1.29, 1.82) is 0 Å². The predicted molar refractivity (Wildman–Crippen MR) is 92.6 cm³/mol. The van der Waals surface area contributed by atoms with E-state index in [1.54, 1.807) is 4.90 Å². The lowest BCUT2D eigenvalue weighted by molar-refractivity contribution is -0.117. The van der Waals surface area contributed by atoms with Crippen LogP contribution >= 0.6 is 0 Å². The number of aliphatic hydroxyl groups is 1. The van der Waals surface area contributed by atoms with Crippen LogP contribution in [0.3, 0.4) is 0 Å². The SMILES string of the molecule is CCC1CCCCN1CCC(O)c1ccc2c(c1)CC(=O)N2C. The van der Waals surface area contributed by atoms with E-state index in [2.05, 4.69) is 11.8 Å². The van der Waals surface area contributed by atoms with Gasteiger partial charge in [-0.1, -0.05) is 25.5 Å². The van der Waals surface area contributed by atoms with Crippen molar-refractivity contribution in [3.8, 4) is 0 Å². The molecule has 0 spiro atoms. The normalized spacial score (nSPS) is 23.2. The van der Waals surface area contributed by atoms with Crippen LogP contribution < -0.4 is 4.90 Å². The van der Waals surface area contributed by atoms with Crippen molar-refractivity contribution >= 4 is 11.6 Å². The van der Waals surface area contributed by atoms with Gasteiger partial charge in [-0.2, -0.15) is 0 Å². The number of aliphatic hydroxyl groups excluding tert-OH is 1. The summed E-state index contributed by atoms with van der Waals surface area (Å²) in [5.74, 6) is 0.130. The van der Waals surface area contributed by atoms with Crippen molar-refractivity contribution < 1.29 is 9.90 Å². The van der Waals surface area contributed by atoms with Gasteiger partial charge in [-0.25, -0.2) is 0 Å². The third-order valence-electron chi connectivity index (χ3n) is 5.48. The van der Waals surface area contributed by atoms with Crippen molar-refractivity contribution in [3.05, 3.63) is 29.3 Å². The Hall–Kier alpha value is -1.39. The number of carbonyl (C=O) groups excluding carboxylic acids is 1. The molecule has 1 N–H and O–H groups in total. The van der Waals surface area contributed by atoms with Gasteiger partial charge in [0.2, 0.25) is 5.91 Å². The molecule has 4 nitrogen and oxygen atoms in total. The first kappa shape index (κ1) is 16.5. The van der Waals surface area contributed by atoms with Crippen LogP contribution in [-0.4, -0.2) is 42.1 Å². The Balaban J connectivity index is 1.62. The van der Waals surface area contributed by atoms with E-state index in [0.29, 0.717) is 12.5 Å². The van der Waals surface area contributed by atoms with Gasteiger partial charge < -0.3 is 14.9 Å². The molecule has 2 aliphatic heterocycles. The maximum Gasteiger partial charge on any atom is 0.231 e. The van der Waals surface area contributed by atoms with E-state index >= 15 is 0 Å². The molecule has 1 aromatic rings. The quantitative estimate of drug-likeness (QED) is 0.908. The molecule has 0 aliphatic carbocycles. The van der Waals surface area contributed by atoms with Crippen LogP contribution in [0.25, 0.3) is 0 Å².